The monoisotopic (exact) mass is 403 g/mol. The maximum atomic E-state index is 4.70. The van der Waals surface area contributed by atoms with E-state index in [0.29, 0.717) is 0 Å². The molecule has 1 aromatic carbocycles. The second kappa shape index (κ2) is 9.75. The summed E-state index contributed by atoms with van der Waals surface area (Å²) >= 11 is 1.61. The Bertz CT molecular complexity index is 1020. The van der Waals surface area contributed by atoms with Crippen molar-refractivity contribution in [2.75, 3.05) is 18.0 Å². The average Bonchev–Trinajstić information content (AvgIpc) is 2.72. The van der Waals surface area contributed by atoms with Crippen LogP contribution in [0.5, 0.6) is 0 Å². The van der Waals surface area contributed by atoms with Crippen molar-refractivity contribution < 1.29 is 0 Å². The van der Waals surface area contributed by atoms with E-state index < -0.39 is 0 Å². The molecule has 2 heterocycles. The molecule has 0 amide bonds. The molecule has 0 N–H and O–H groups in total. The Morgan fingerprint density at radius 2 is 1.72 bits per heavy atom. The van der Waals surface area contributed by atoms with Gasteiger partial charge in [-0.15, -0.1) is 0 Å². The number of thioether (sulfide) groups is 1. The van der Waals surface area contributed by atoms with Gasteiger partial charge in [-0.05, 0) is 59.9 Å². The van der Waals surface area contributed by atoms with E-state index in [2.05, 4.69) is 67.2 Å². The molecule has 0 aliphatic heterocycles. The van der Waals surface area contributed by atoms with E-state index in [1.54, 1.807) is 11.8 Å². The summed E-state index contributed by atoms with van der Waals surface area (Å²) < 4.78 is 0. The predicted octanol–water partition coefficient (Wildman–Crippen LogP) is 7.16. The molecule has 0 aliphatic rings. The smallest absolute Gasteiger partial charge is 0.129 e. The van der Waals surface area contributed by atoms with Crippen LogP contribution in [0, 0.1) is 0 Å². The first kappa shape index (κ1) is 21.1. The van der Waals surface area contributed by atoms with E-state index in [9.17, 15) is 0 Å². The van der Waals surface area contributed by atoms with Crippen molar-refractivity contribution in [2.45, 2.75) is 33.6 Å². The molecule has 0 radical (unpaired) electrons. The van der Waals surface area contributed by atoms with Crippen LogP contribution in [0.2, 0.25) is 0 Å². The van der Waals surface area contributed by atoms with E-state index in [1.807, 2.05) is 25.4 Å². The van der Waals surface area contributed by atoms with E-state index in [1.165, 1.54) is 0 Å². The van der Waals surface area contributed by atoms with E-state index >= 15 is 0 Å². The van der Waals surface area contributed by atoms with Crippen LogP contribution >= 0.6 is 11.8 Å². The fourth-order valence-corrected chi connectivity index (χ4v) is 4.04. The summed E-state index contributed by atoms with van der Waals surface area (Å²) in [5.74, 6) is 1.02. The number of anilines is 1. The summed E-state index contributed by atoms with van der Waals surface area (Å²) in [6.45, 7) is 16.6. The minimum Gasteiger partial charge on any atom is -0.357 e. The highest BCUT2D eigenvalue weighted by Gasteiger charge is 2.10. The molecule has 0 unspecified atom stereocenters. The first-order valence-electron chi connectivity index (χ1n) is 10.2. The molecule has 150 valence electrons. The number of rotatable bonds is 9. The quantitative estimate of drug-likeness (QED) is 0.379. The number of hydrogen-bond donors (Lipinski definition) is 0. The lowest BCUT2D eigenvalue weighted by atomic mass is 10.1. The van der Waals surface area contributed by atoms with E-state index in [-0.39, 0.29) is 0 Å². The number of fused-ring (bicyclic) bond motifs is 1. The first-order chi connectivity index (χ1) is 14.0. The SMILES string of the molecule is C=C(C)SC(=C)c1ccc2cnc(-c3ccnc(N(CCC)CCC)c3)cc2c1. The molecule has 0 aliphatic carbocycles. The van der Waals surface area contributed by atoms with Crippen LogP contribution in [0.3, 0.4) is 0 Å². The Hall–Kier alpha value is -2.59. The van der Waals surface area contributed by atoms with Gasteiger partial charge in [0.15, 0.2) is 0 Å². The molecule has 4 heteroatoms. The molecule has 3 rings (SSSR count). The van der Waals surface area contributed by atoms with Crippen molar-refractivity contribution in [2.24, 2.45) is 0 Å². The van der Waals surface area contributed by atoms with Crippen molar-refractivity contribution in [3.63, 3.8) is 0 Å². The zero-order valence-electron chi connectivity index (χ0n) is 17.6. The van der Waals surface area contributed by atoms with Gasteiger partial charge in [0.25, 0.3) is 0 Å². The number of allylic oxidation sites excluding steroid dienone is 1. The molecule has 3 aromatic rings. The third-order valence-corrected chi connectivity index (χ3v) is 5.52. The van der Waals surface area contributed by atoms with Crippen molar-refractivity contribution in [1.82, 2.24) is 9.97 Å². The first-order valence-corrected chi connectivity index (χ1v) is 11.0. The van der Waals surface area contributed by atoms with Crippen molar-refractivity contribution in [3.8, 4) is 11.3 Å². The summed E-state index contributed by atoms with van der Waals surface area (Å²) in [6.07, 6.45) is 6.04. The summed E-state index contributed by atoms with van der Waals surface area (Å²) in [7, 11) is 0. The van der Waals surface area contributed by atoms with Crippen LogP contribution < -0.4 is 4.90 Å². The lowest BCUT2D eigenvalue weighted by Gasteiger charge is -2.22. The normalized spacial score (nSPS) is 10.9. The van der Waals surface area contributed by atoms with E-state index in [0.717, 1.165) is 69.2 Å². The highest BCUT2D eigenvalue weighted by Crippen LogP contribution is 2.33. The fraction of sp³-hybridized carbons (Fsp3) is 0.280. The van der Waals surface area contributed by atoms with Gasteiger partial charge < -0.3 is 4.90 Å². The molecule has 29 heavy (non-hydrogen) atoms. The molecule has 0 atom stereocenters. The van der Waals surface area contributed by atoms with Gasteiger partial charge >= 0.3 is 0 Å². The number of aromatic nitrogens is 2. The molecule has 3 nitrogen and oxygen atoms in total. The van der Waals surface area contributed by atoms with Gasteiger partial charge in [-0.25, -0.2) is 4.98 Å². The Labute approximate surface area is 178 Å². The van der Waals surface area contributed by atoms with Crippen LogP contribution in [-0.2, 0) is 0 Å². The van der Waals surface area contributed by atoms with Crippen LogP contribution in [0.4, 0.5) is 5.82 Å². The van der Waals surface area contributed by atoms with Gasteiger partial charge in [0, 0.05) is 41.3 Å². The molecule has 0 fully saturated rings. The average molecular weight is 404 g/mol. The van der Waals surface area contributed by atoms with Gasteiger partial charge in [-0.3, -0.25) is 4.98 Å². The zero-order chi connectivity index (χ0) is 20.8. The maximum absolute atomic E-state index is 4.70. The second-order valence-corrected chi connectivity index (χ2v) is 8.64. The standard InChI is InChI=1S/C25H29N3S/c1-6-12-28(13-7-2)25-16-21(10-11-26-25)24-15-23-14-20(19(5)29-18(3)4)8-9-22(23)17-27-24/h8-11,14-17H,3,5-7,12-13H2,1-2,4H3. The van der Waals surface area contributed by atoms with Crippen LogP contribution in [0.1, 0.15) is 39.2 Å². The fourth-order valence-electron chi connectivity index (χ4n) is 3.37. The van der Waals surface area contributed by atoms with Gasteiger partial charge in [0.1, 0.15) is 5.82 Å². The Kier molecular flexibility index (Phi) is 7.10. The molecule has 0 saturated heterocycles. The predicted molar refractivity (Wildman–Crippen MR) is 129 cm³/mol. The third-order valence-electron chi connectivity index (χ3n) is 4.69. The Morgan fingerprint density at radius 3 is 2.41 bits per heavy atom. The van der Waals surface area contributed by atoms with Crippen LogP contribution in [-0.4, -0.2) is 23.1 Å². The molecular formula is C25H29N3S. The molecule has 0 spiro atoms. The highest BCUT2D eigenvalue weighted by molar-refractivity contribution is 8.11. The van der Waals surface area contributed by atoms with Gasteiger partial charge in [-0.1, -0.05) is 50.9 Å². The number of nitrogens with zero attached hydrogens (tertiary/aromatic N) is 3. The topological polar surface area (TPSA) is 29.0 Å². The highest BCUT2D eigenvalue weighted by atomic mass is 32.2. The van der Waals surface area contributed by atoms with Crippen molar-refractivity contribution >= 4 is 33.3 Å². The minimum absolute atomic E-state index is 0.962. The second-order valence-electron chi connectivity index (χ2n) is 7.25. The molecule has 0 bridgehead atoms. The summed E-state index contributed by atoms with van der Waals surface area (Å²) in [4.78, 5) is 13.7. The van der Waals surface area contributed by atoms with Crippen LogP contribution in [0.25, 0.3) is 26.9 Å². The lowest BCUT2D eigenvalue weighted by molar-refractivity contribution is 0.734. The summed E-state index contributed by atoms with van der Waals surface area (Å²) in [5.41, 5.74) is 3.18. The Morgan fingerprint density at radius 1 is 0.966 bits per heavy atom. The van der Waals surface area contributed by atoms with Crippen molar-refractivity contribution in [1.29, 1.82) is 0 Å². The van der Waals surface area contributed by atoms with Gasteiger partial charge in [-0.2, -0.15) is 0 Å². The maximum Gasteiger partial charge on any atom is 0.129 e. The molecular weight excluding hydrogens is 374 g/mol. The largest absolute Gasteiger partial charge is 0.357 e. The summed E-state index contributed by atoms with van der Waals surface area (Å²) in [6, 6.07) is 12.7. The van der Waals surface area contributed by atoms with Gasteiger partial charge in [0.2, 0.25) is 0 Å². The number of benzene rings is 1. The number of hydrogen-bond acceptors (Lipinski definition) is 4. The van der Waals surface area contributed by atoms with Gasteiger partial charge in [0.05, 0.1) is 5.69 Å². The third kappa shape index (κ3) is 5.27. The lowest BCUT2D eigenvalue weighted by Crippen LogP contribution is -2.25. The van der Waals surface area contributed by atoms with Crippen molar-refractivity contribution in [3.05, 3.63) is 72.4 Å². The zero-order valence-corrected chi connectivity index (χ0v) is 18.4. The van der Waals surface area contributed by atoms with Crippen LogP contribution in [0.15, 0.2) is 66.9 Å². The minimum atomic E-state index is 0.962. The molecule has 2 aromatic heterocycles. The summed E-state index contributed by atoms with van der Waals surface area (Å²) in [5, 5.41) is 2.28. The Balaban J connectivity index is 1.96. The number of pyridine rings is 2. The van der Waals surface area contributed by atoms with E-state index in [4.69, 9.17) is 4.98 Å². The molecule has 0 saturated carbocycles.